The van der Waals surface area contributed by atoms with Crippen LogP contribution >= 0.6 is 0 Å². The number of benzene rings is 2. The summed E-state index contributed by atoms with van der Waals surface area (Å²) in [6, 6.07) is 20.4. The number of aliphatic imine (C=N–C) groups is 1. The van der Waals surface area contributed by atoms with Gasteiger partial charge in [0.1, 0.15) is 0 Å². The van der Waals surface area contributed by atoms with E-state index < -0.39 is 0 Å². The number of hydrogen-bond acceptors (Lipinski definition) is 1. The van der Waals surface area contributed by atoms with Gasteiger partial charge in [0.2, 0.25) is 0 Å². The summed E-state index contributed by atoms with van der Waals surface area (Å²) in [5.74, 6) is 0.533. The van der Waals surface area contributed by atoms with Gasteiger partial charge in [-0.05, 0) is 42.4 Å². The van der Waals surface area contributed by atoms with Crippen LogP contribution in [0.25, 0.3) is 0 Å². The minimum Gasteiger partial charge on any atom is -0.286 e. The maximum absolute atomic E-state index is 4.93. The topological polar surface area (TPSA) is 12.4 Å². The number of nitrogens with zero attached hydrogens (tertiary/aromatic N) is 1. The van der Waals surface area contributed by atoms with Crippen molar-refractivity contribution in [2.24, 2.45) is 4.99 Å². The second-order valence-corrected chi connectivity index (χ2v) is 5.90. The molecular weight excluding hydrogens is 242 g/mol. The molecule has 2 aliphatic rings. The molecule has 0 spiro atoms. The average Bonchev–Trinajstić information content (AvgIpc) is 3.33. The van der Waals surface area contributed by atoms with Crippen LogP contribution in [0.3, 0.4) is 0 Å². The summed E-state index contributed by atoms with van der Waals surface area (Å²) in [7, 11) is 0. The van der Waals surface area contributed by atoms with Gasteiger partial charge in [0.25, 0.3) is 0 Å². The Morgan fingerprint density at radius 3 is 2.35 bits per heavy atom. The third kappa shape index (κ3) is 2.18. The third-order valence-corrected chi connectivity index (χ3v) is 4.40. The Kier molecular flexibility index (Phi) is 2.91. The van der Waals surface area contributed by atoms with Crippen LogP contribution in [-0.4, -0.2) is 11.8 Å². The highest BCUT2D eigenvalue weighted by atomic mass is 14.8. The zero-order valence-corrected chi connectivity index (χ0v) is 11.6. The van der Waals surface area contributed by atoms with Crippen molar-refractivity contribution in [3.8, 4) is 0 Å². The maximum atomic E-state index is 4.93. The van der Waals surface area contributed by atoms with Crippen molar-refractivity contribution in [2.75, 3.05) is 0 Å². The lowest BCUT2D eigenvalue weighted by Gasteiger charge is -2.27. The molecule has 2 aromatic rings. The van der Waals surface area contributed by atoms with E-state index in [2.05, 4.69) is 54.6 Å². The molecule has 0 N–H and O–H groups in total. The number of fused-ring (bicyclic) bond motifs is 1. The maximum Gasteiger partial charge on any atom is 0.0504 e. The molecule has 0 aromatic heterocycles. The van der Waals surface area contributed by atoms with Crippen molar-refractivity contribution in [1.29, 1.82) is 0 Å². The predicted octanol–water partition coefficient (Wildman–Crippen LogP) is 4.56. The van der Waals surface area contributed by atoms with Gasteiger partial charge in [-0.25, -0.2) is 0 Å². The van der Waals surface area contributed by atoms with E-state index >= 15 is 0 Å². The summed E-state index contributed by atoms with van der Waals surface area (Å²) < 4.78 is 0. The van der Waals surface area contributed by atoms with E-state index in [1.54, 1.807) is 0 Å². The Morgan fingerprint density at radius 1 is 0.800 bits per heavy atom. The van der Waals surface area contributed by atoms with Crippen molar-refractivity contribution in [3.63, 3.8) is 0 Å². The Hall–Kier alpha value is -1.89. The van der Waals surface area contributed by atoms with Crippen LogP contribution in [0.2, 0.25) is 0 Å². The highest BCUT2D eigenvalue weighted by Gasteiger charge is 2.27. The molecular formula is C19H19N. The summed E-state index contributed by atoms with van der Waals surface area (Å²) in [4.78, 5) is 4.93. The first-order valence-corrected chi connectivity index (χ1v) is 7.63. The minimum absolute atomic E-state index is 0.533. The molecule has 0 radical (unpaired) electrons. The quantitative estimate of drug-likeness (QED) is 0.751. The highest BCUT2D eigenvalue weighted by Crippen LogP contribution is 2.37. The van der Waals surface area contributed by atoms with Crippen LogP contribution in [0.1, 0.15) is 48.3 Å². The first-order valence-electron chi connectivity index (χ1n) is 7.63. The van der Waals surface area contributed by atoms with E-state index in [0.29, 0.717) is 12.0 Å². The van der Waals surface area contributed by atoms with E-state index in [4.69, 9.17) is 4.99 Å². The van der Waals surface area contributed by atoms with E-state index in [0.717, 1.165) is 6.42 Å². The fourth-order valence-corrected chi connectivity index (χ4v) is 3.22. The number of rotatable bonds is 2. The first kappa shape index (κ1) is 11.9. The summed E-state index contributed by atoms with van der Waals surface area (Å²) >= 11 is 0. The lowest BCUT2D eigenvalue weighted by molar-refractivity contribution is 0.720. The van der Waals surface area contributed by atoms with Gasteiger partial charge in [-0.15, -0.1) is 0 Å². The fraction of sp³-hybridized carbons (Fsp3) is 0.316. The van der Waals surface area contributed by atoms with E-state index in [1.165, 1.54) is 41.7 Å². The summed E-state index contributed by atoms with van der Waals surface area (Å²) in [6.45, 7) is 0. The lowest BCUT2D eigenvalue weighted by atomic mass is 9.78. The largest absolute Gasteiger partial charge is 0.286 e. The Labute approximate surface area is 120 Å². The van der Waals surface area contributed by atoms with Crippen LogP contribution in [0, 0.1) is 0 Å². The molecule has 1 nitrogen and oxygen atoms in total. The SMILES string of the molecule is c1ccc(C2CCC(=NC3CC3)c3ccccc32)cc1. The van der Waals surface area contributed by atoms with Crippen LogP contribution in [-0.2, 0) is 0 Å². The Balaban J connectivity index is 1.77. The second-order valence-electron chi connectivity index (χ2n) is 5.90. The van der Waals surface area contributed by atoms with Gasteiger partial charge >= 0.3 is 0 Å². The van der Waals surface area contributed by atoms with Gasteiger partial charge in [-0.3, -0.25) is 4.99 Å². The van der Waals surface area contributed by atoms with Crippen molar-refractivity contribution >= 4 is 5.71 Å². The predicted molar refractivity (Wildman–Crippen MR) is 83.5 cm³/mol. The molecule has 20 heavy (non-hydrogen) atoms. The zero-order chi connectivity index (χ0) is 13.4. The summed E-state index contributed by atoms with van der Waals surface area (Å²) in [5.41, 5.74) is 5.63. The highest BCUT2D eigenvalue weighted by molar-refractivity contribution is 6.03. The molecule has 1 saturated carbocycles. The van der Waals surface area contributed by atoms with Crippen LogP contribution < -0.4 is 0 Å². The van der Waals surface area contributed by atoms with Gasteiger partial charge in [0.05, 0.1) is 6.04 Å². The van der Waals surface area contributed by atoms with Crippen molar-refractivity contribution < 1.29 is 0 Å². The smallest absolute Gasteiger partial charge is 0.0504 e. The standard InChI is InChI=1S/C19H19N/c1-2-6-14(7-3-1)16-12-13-19(20-15-10-11-15)18-9-5-4-8-17(16)18/h1-9,15-16H,10-13H2. The molecule has 1 fully saturated rings. The second kappa shape index (κ2) is 4.90. The lowest BCUT2D eigenvalue weighted by Crippen LogP contribution is -2.17. The normalized spacial score (nSPS) is 23.6. The zero-order valence-electron chi connectivity index (χ0n) is 11.6. The van der Waals surface area contributed by atoms with Gasteiger partial charge in [0.15, 0.2) is 0 Å². The monoisotopic (exact) mass is 261 g/mol. The van der Waals surface area contributed by atoms with Crippen molar-refractivity contribution in [2.45, 2.75) is 37.6 Å². The van der Waals surface area contributed by atoms with Crippen LogP contribution in [0.5, 0.6) is 0 Å². The Bertz CT molecular complexity index is 638. The van der Waals surface area contributed by atoms with Gasteiger partial charge in [-0.2, -0.15) is 0 Å². The van der Waals surface area contributed by atoms with E-state index in [-0.39, 0.29) is 0 Å². The molecule has 2 aliphatic carbocycles. The van der Waals surface area contributed by atoms with Crippen molar-refractivity contribution in [1.82, 2.24) is 0 Å². The average molecular weight is 261 g/mol. The molecule has 100 valence electrons. The van der Waals surface area contributed by atoms with E-state index in [9.17, 15) is 0 Å². The molecule has 1 heteroatoms. The molecule has 0 heterocycles. The molecule has 0 amide bonds. The third-order valence-electron chi connectivity index (χ3n) is 4.40. The molecule has 0 saturated heterocycles. The summed E-state index contributed by atoms with van der Waals surface area (Å²) in [5, 5.41) is 0. The molecule has 0 aliphatic heterocycles. The number of hydrogen-bond donors (Lipinski definition) is 0. The Morgan fingerprint density at radius 2 is 1.55 bits per heavy atom. The van der Waals surface area contributed by atoms with Crippen LogP contribution in [0.4, 0.5) is 0 Å². The van der Waals surface area contributed by atoms with Crippen LogP contribution in [0.15, 0.2) is 59.6 Å². The minimum atomic E-state index is 0.533. The fourth-order valence-electron chi connectivity index (χ4n) is 3.22. The molecule has 4 rings (SSSR count). The van der Waals surface area contributed by atoms with Gasteiger partial charge in [0, 0.05) is 11.6 Å². The van der Waals surface area contributed by atoms with Crippen molar-refractivity contribution in [3.05, 3.63) is 71.3 Å². The molecule has 1 unspecified atom stereocenters. The molecule has 2 aromatic carbocycles. The van der Waals surface area contributed by atoms with E-state index in [1.807, 2.05) is 0 Å². The summed E-state index contributed by atoms with van der Waals surface area (Å²) in [6.07, 6.45) is 4.88. The first-order chi connectivity index (χ1) is 9.92. The molecule has 0 bridgehead atoms. The van der Waals surface area contributed by atoms with Gasteiger partial charge in [-0.1, -0.05) is 54.6 Å². The molecule has 1 atom stereocenters. The van der Waals surface area contributed by atoms with Gasteiger partial charge < -0.3 is 0 Å².